The van der Waals surface area contributed by atoms with Gasteiger partial charge < -0.3 is 10.2 Å². The Morgan fingerprint density at radius 2 is 1.89 bits per heavy atom. The van der Waals surface area contributed by atoms with Gasteiger partial charge in [0.05, 0.1) is 0 Å². The molecule has 1 heterocycles. The van der Waals surface area contributed by atoms with Gasteiger partial charge in [0, 0.05) is 25.2 Å². The third-order valence-corrected chi connectivity index (χ3v) is 4.02. The summed E-state index contributed by atoms with van der Waals surface area (Å²) >= 11 is 0. The van der Waals surface area contributed by atoms with Gasteiger partial charge in [-0.2, -0.15) is 0 Å². The lowest BCUT2D eigenvalue weighted by Crippen LogP contribution is -2.56. The number of benzene rings is 1. The van der Waals surface area contributed by atoms with Crippen LogP contribution in [0.1, 0.15) is 19.8 Å². The molecule has 0 amide bonds. The van der Waals surface area contributed by atoms with Crippen molar-refractivity contribution in [3.05, 3.63) is 29.8 Å². The molecular formula is C14H18F2N2. The van der Waals surface area contributed by atoms with Crippen LogP contribution in [0.5, 0.6) is 0 Å². The van der Waals surface area contributed by atoms with Crippen molar-refractivity contribution in [3.8, 4) is 0 Å². The molecule has 1 aromatic rings. The van der Waals surface area contributed by atoms with Crippen LogP contribution < -0.4 is 10.2 Å². The predicted octanol–water partition coefficient (Wildman–Crippen LogP) is 2.54. The molecular weight excluding hydrogens is 234 g/mol. The Bertz CT molecular complexity index is 425. The minimum atomic E-state index is -0.460. The van der Waals surface area contributed by atoms with Gasteiger partial charge >= 0.3 is 0 Å². The molecule has 0 bridgehead atoms. The summed E-state index contributed by atoms with van der Waals surface area (Å²) in [7, 11) is 0. The van der Waals surface area contributed by atoms with Crippen LogP contribution in [0.3, 0.4) is 0 Å². The summed E-state index contributed by atoms with van der Waals surface area (Å²) in [6, 6.07) is 4.57. The fraction of sp³-hybridized carbons (Fsp3) is 0.571. The van der Waals surface area contributed by atoms with Crippen molar-refractivity contribution < 1.29 is 8.78 Å². The molecule has 1 saturated carbocycles. The van der Waals surface area contributed by atoms with Gasteiger partial charge in [0.2, 0.25) is 0 Å². The Kier molecular flexibility index (Phi) is 2.98. The van der Waals surface area contributed by atoms with Crippen LogP contribution in [-0.2, 0) is 0 Å². The Morgan fingerprint density at radius 1 is 1.22 bits per heavy atom. The van der Waals surface area contributed by atoms with Crippen LogP contribution in [0.4, 0.5) is 14.5 Å². The Labute approximate surface area is 106 Å². The van der Waals surface area contributed by atoms with E-state index in [1.54, 1.807) is 0 Å². The van der Waals surface area contributed by atoms with Gasteiger partial charge in [0.15, 0.2) is 0 Å². The van der Waals surface area contributed by atoms with E-state index in [0.717, 1.165) is 6.54 Å². The number of hydrogen-bond acceptors (Lipinski definition) is 2. The van der Waals surface area contributed by atoms with Gasteiger partial charge in [-0.15, -0.1) is 0 Å². The van der Waals surface area contributed by atoms with Crippen LogP contribution in [0, 0.1) is 17.6 Å². The SMILES string of the molecule is CC1CNC(C2CC2)CN1c1c(F)cccc1F. The molecule has 1 aliphatic carbocycles. The molecule has 4 heteroatoms. The molecule has 2 nitrogen and oxygen atoms in total. The molecule has 0 aromatic heterocycles. The zero-order chi connectivity index (χ0) is 12.7. The van der Waals surface area contributed by atoms with Crippen molar-refractivity contribution in [1.82, 2.24) is 5.32 Å². The summed E-state index contributed by atoms with van der Waals surface area (Å²) < 4.78 is 27.7. The third-order valence-electron chi connectivity index (χ3n) is 4.02. The molecule has 3 rings (SSSR count). The Morgan fingerprint density at radius 3 is 2.50 bits per heavy atom. The summed E-state index contributed by atoms with van der Waals surface area (Å²) in [5.74, 6) is -0.230. The summed E-state index contributed by atoms with van der Waals surface area (Å²) in [4.78, 5) is 1.88. The van der Waals surface area contributed by atoms with E-state index in [1.165, 1.54) is 31.0 Å². The normalized spacial score (nSPS) is 28.5. The van der Waals surface area contributed by atoms with Crippen LogP contribution in [0.2, 0.25) is 0 Å². The number of anilines is 1. The molecule has 98 valence electrons. The molecule has 2 atom stereocenters. The zero-order valence-corrected chi connectivity index (χ0v) is 10.5. The molecule has 0 spiro atoms. The second-order valence-corrected chi connectivity index (χ2v) is 5.42. The van der Waals surface area contributed by atoms with Gasteiger partial charge in [0.25, 0.3) is 0 Å². The van der Waals surface area contributed by atoms with Gasteiger partial charge in [-0.1, -0.05) is 6.07 Å². The number of halogens is 2. The molecule has 1 N–H and O–H groups in total. The fourth-order valence-electron chi connectivity index (χ4n) is 2.78. The van der Waals surface area contributed by atoms with Crippen LogP contribution in [0.15, 0.2) is 18.2 Å². The minimum Gasteiger partial charge on any atom is -0.361 e. The third kappa shape index (κ3) is 2.09. The first-order valence-corrected chi connectivity index (χ1v) is 6.61. The standard InChI is InChI=1S/C14H18F2N2/c1-9-7-17-13(10-5-6-10)8-18(9)14-11(15)3-2-4-12(14)16/h2-4,9-10,13,17H,5-8H2,1H3. The van der Waals surface area contributed by atoms with Crippen LogP contribution in [-0.4, -0.2) is 25.2 Å². The average molecular weight is 252 g/mol. The first-order chi connectivity index (χ1) is 8.66. The van der Waals surface area contributed by atoms with Crippen molar-refractivity contribution in [3.63, 3.8) is 0 Å². The summed E-state index contributed by atoms with van der Waals surface area (Å²) in [5, 5.41) is 3.48. The lowest BCUT2D eigenvalue weighted by molar-refractivity contribution is 0.369. The van der Waals surface area contributed by atoms with Crippen molar-refractivity contribution in [2.24, 2.45) is 5.92 Å². The maximum absolute atomic E-state index is 13.9. The van der Waals surface area contributed by atoms with Crippen molar-refractivity contribution >= 4 is 5.69 Å². The highest BCUT2D eigenvalue weighted by atomic mass is 19.1. The molecule has 18 heavy (non-hydrogen) atoms. The number of para-hydroxylation sites is 1. The lowest BCUT2D eigenvalue weighted by atomic mass is 10.0. The average Bonchev–Trinajstić information content (AvgIpc) is 3.15. The van der Waals surface area contributed by atoms with E-state index < -0.39 is 11.6 Å². The molecule has 2 fully saturated rings. The first-order valence-electron chi connectivity index (χ1n) is 6.61. The molecule has 1 aliphatic heterocycles. The largest absolute Gasteiger partial charge is 0.361 e. The van der Waals surface area contributed by atoms with E-state index in [1.807, 2.05) is 11.8 Å². The van der Waals surface area contributed by atoms with Gasteiger partial charge in [-0.3, -0.25) is 0 Å². The maximum Gasteiger partial charge on any atom is 0.149 e. The number of nitrogens with zero attached hydrogens (tertiary/aromatic N) is 1. The second kappa shape index (κ2) is 4.50. The van der Waals surface area contributed by atoms with E-state index in [-0.39, 0.29) is 11.7 Å². The zero-order valence-electron chi connectivity index (χ0n) is 10.5. The smallest absolute Gasteiger partial charge is 0.149 e. The number of rotatable bonds is 2. The highest BCUT2D eigenvalue weighted by molar-refractivity contribution is 5.51. The quantitative estimate of drug-likeness (QED) is 0.870. The number of piperazine rings is 1. The molecule has 1 saturated heterocycles. The van der Waals surface area contributed by atoms with Crippen molar-refractivity contribution in [1.29, 1.82) is 0 Å². The predicted molar refractivity (Wildman–Crippen MR) is 67.7 cm³/mol. The minimum absolute atomic E-state index is 0.117. The molecule has 2 aliphatic rings. The Balaban J connectivity index is 1.88. The Hall–Kier alpha value is -1.16. The topological polar surface area (TPSA) is 15.3 Å². The van der Waals surface area contributed by atoms with Gasteiger partial charge in [0.1, 0.15) is 17.3 Å². The first kappa shape index (κ1) is 11.9. The second-order valence-electron chi connectivity index (χ2n) is 5.42. The monoisotopic (exact) mass is 252 g/mol. The van der Waals surface area contributed by atoms with Crippen molar-refractivity contribution in [2.45, 2.75) is 31.8 Å². The molecule has 0 radical (unpaired) electrons. The van der Waals surface area contributed by atoms with E-state index in [4.69, 9.17) is 0 Å². The van der Waals surface area contributed by atoms with Gasteiger partial charge in [-0.25, -0.2) is 8.78 Å². The summed E-state index contributed by atoms with van der Waals surface area (Å²) in [6.45, 7) is 3.49. The summed E-state index contributed by atoms with van der Waals surface area (Å²) in [5.41, 5.74) is 0.136. The van der Waals surface area contributed by atoms with E-state index >= 15 is 0 Å². The van der Waals surface area contributed by atoms with E-state index in [0.29, 0.717) is 18.5 Å². The van der Waals surface area contributed by atoms with Crippen LogP contribution in [0.25, 0.3) is 0 Å². The fourth-order valence-corrected chi connectivity index (χ4v) is 2.78. The van der Waals surface area contributed by atoms with Crippen LogP contribution >= 0.6 is 0 Å². The lowest BCUT2D eigenvalue weighted by Gasteiger charge is -2.40. The number of nitrogens with one attached hydrogen (secondary N) is 1. The highest BCUT2D eigenvalue weighted by Crippen LogP contribution is 2.36. The molecule has 2 unspecified atom stereocenters. The summed E-state index contributed by atoms with van der Waals surface area (Å²) in [6.07, 6.45) is 2.47. The molecule has 1 aromatic carbocycles. The number of hydrogen-bond donors (Lipinski definition) is 1. The van der Waals surface area contributed by atoms with Crippen molar-refractivity contribution in [2.75, 3.05) is 18.0 Å². The highest BCUT2D eigenvalue weighted by Gasteiger charge is 2.37. The van der Waals surface area contributed by atoms with Gasteiger partial charge in [-0.05, 0) is 37.8 Å². The van der Waals surface area contributed by atoms with E-state index in [2.05, 4.69) is 5.32 Å². The maximum atomic E-state index is 13.9. The van der Waals surface area contributed by atoms with E-state index in [9.17, 15) is 8.78 Å².